The number of methoxy groups -OCH3 is 1. The fourth-order valence-electron chi connectivity index (χ4n) is 1.25. The Labute approximate surface area is 94.2 Å². The van der Waals surface area contributed by atoms with E-state index in [9.17, 15) is 4.79 Å². The summed E-state index contributed by atoms with van der Waals surface area (Å²) in [5.74, 6) is -0.237. The monoisotopic (exact) mass is 227 g/mol. The predicted molar refractivity (Wildman–Crippen MR) is 59.6 cm³/mol. The second kappa shape index (κ2) is 5.73. The molecule has 0 radical (unpaired) electrons. The van der Waals surface area contributed by atoms with E-state index in [0.717, 1.165) is 5.56 Å². The van der Waals surface area contributed by atoms with Gasteiger partial charge in [0.2, 0.25) is 0 Å². The highest BCUT2D eigenvalue weighted by atomic mass is 35.5. The molecule has 15 heavy (non-hydrogen) atoms. The van der Waals surface area contributed by atoms with Gasteiger partial charge in [0.1, 0.15) is 0 Å². The molecule has 0 aliphatic carbocycles. The molecule has 0 saturated carbocycles. The molecule has 1 aromatic carbocycles. The molecule has 0 saturated heterocycles. The van der Waals surface area contributed by atoms with Crippen molar-refractivity contribution in [1.29, 1.82) is 0 Å². The van der Waals surface area contributed by atoms with Crippen molar-refractivity contribution >= 4 is 17.6 Å². The molecule has 0 aliphatic rings. The third-order valence-corrected chi connectivity index (χ3v) is 2.44. The number of benzene rings is 1. The fraction of sp³-hybridized carbons (Fsp3) is 0.364. The van der Waals surface area contributed by atoms with E-state index in [1.165, 1.54) is 7.11 Å². The minimum atomic E-state index is -0.237. The summed E-state index contributed by atoms with van der Waals surface area (Å²) in [7, 11) is 1.37. The van der Waals surface area contributed by atoms with Gasteiger partial charge in [-0.2, -0.15) is 0 Å². The van der Waals surface area contributed by atoms with Crippen LogP contribution in [0.15, 0.2) is 24.3 Å². The molecule has 1 atom stereocenters. The Morgan fingerprint density at radius 2 is 2.07 bits per heavy atom. The normalized spacial score (nSPS) is 12.2. The zero-order chi connectivity index (χ0) is 11.3. The van der Waals surface area contributed by atoms with E-state index in [2.05, 4.69) is 4.74 Å². The zero-order valence-corrected chi connectivity index (χ0v) is 9.33. The first-order valence-corrected chi connectivity index (χ1v) is 5.09. The SMILES string of the molecule is COC(=O)CCC(N)c1ccc(Cl)cc1. The van der Waals surface area contributed by atoms with Crippen molar-refractivity contribution in [1.82, 2.24) is 0 Å². The van der Waals surface area contributed by atoms with Gasteiger partial charge in [0.05, 0.1) is 7.11 Å². The van der Waals surface area contributed by atoms with E-state index in [0.29, 0.717) is 17.9 Å². The van der Waals surface area contributed by atoms with Gasteiger partial charge >= 0.3 is 5.97 Å². The van der Waals surface area contributed by atoms with E-state index in [1.807, 2.05) is 12.1 Å². The number of carbonyl (C=O) groups excluding carboxylic acids is 1. The maximum absolute atomic E-state index is 10.9. The third kappa shape index (κ3) is 3.90. The van der Waals surface area contributed by atoms with Gasteiger partial charge in [-0.1, -0.05) is 23.7 Å². The minimum Gasteiger partial charge on any atom is -0.469 e. The summed E-state index contributed by atoms with van der Waals surface area (Å²) >= 11 is 5.75. The van der Waals surface area contributed by atoms with Crippen molar-refractivity contribution in [2.24, 2.45) is 5.73 Å². The number of hydrogen-bond donors (Lipinski definition) is 1. The summed E-state index contributed by atoms with van der Waals surface area (Å²) in [6.07, 6.45) is 0.911. The first-order chi connectivity index (χ1) is 7.13. The Hall–Kier alpha value is -1.06. The number of halogens is 1. The minimum absolute atomic E-state index is 0.152. The molecule has 82 valence electrons. The number of esters is 1. The third-order valence-electron chi connectivity index (χ3n) is 2.19. The number of hydrogen-bond acceptors (Lipinski definition) is 3. The molecule has 4 heteroatoms. The summed E-state index contributed by atoms with van der Waals surface area (Å²) in [5, 5.41) is 0.680. The number of ether oxygens (including phenoxy) is 1. The Balaban J connectivity index is 2.50. The quantitative estimate of drug-likeness (QED) is 0.803. The molecule has 0 bridgehead atoms. The summed E-state index contributed by atoms with van der Waals surface area (Å²) < 4.78 is 4.54. The lowest BCUT2D eigenvalue weighted by atomic mass is 10.0. The smallest absolute Gasteiger partial charge is 0.305 e. The van der Waals surface area contributed by atoms with Crippen molar-refractivity contribution in [2.75, 3.05) is 7.11 Å². The van der Waals surface area contributed by atoms with Crippen LogP contribution in [0.1, 0.15) is 24.4 Å². The van der Waals surface area contributed by atoms with Crippen LogP contribution in [0, 0.1) is 0 Å². The van der Waals surface area contributed by atoms with Crippen molar-refractivity contribution in [3.63, 3.8) is 0 Å². The zero-order valence-electron chi connectivity index (χ0n) is 8.57. The van der Waals surface area contributed by atoms with Crippen LogP contribution in [-0.4, -0.2) is 13.1 Å². The molecular formula is C11H14ClNO2. The van der Waals surface area contributed by atoms with Crippen LogP contribution in [-0.2, 0) is 9.53 Å². The van der Waals surface area contributed by atoms with Gasteiger partial charge in [-0.05, 0) is 24.1 Å². The van der Waals surface area contributed by atoms with Gasteiger partial charge < -0.3 is 10.5 Å². The van der Waals surface area contributed by atoms with Crippen molar-refractivity contribution in [3.05, 3.63) is 34.9 Å². The van der Waals surface area contributed by atoms with E-state index in [-0.39, 0.29) is 12.0 Å². The second-order valence-corrected chi connectivity index (χ2v) is 3.71. The van der Waals surface area contributed by atoms with Crippen LogP contribution < -0.4 is 5.73 Å². The Morgan fingerprint density at radius 3 is 2.60 bits per heavy atom. The van der Waals surface area contributed by atoms with Crippen LogP contribution in [0.5, 0.6) is 0 Å². The second-order valence-electron chi connectivity index (χ2n) is 3.27. The molecule has 3 nitrogen and oxygen atoms in total. The van der Waals surface area contributed by atoms with E-state index >= 15 is 0 Å². The fourth-order valence-corrected chi connectivity index (χ4v) is 1.38. The molecule has 0 aromatic heterocycles. The number of carbonyl (C=O) groups is 1. The van der Waals surface area contributed by atoms with E-state index < -0.39 is 0 Å². The highest BCUT2D eigenvalue weighted by Crippen LogP contribution is 2.18. The first kappa shape index (κ1) is 12.0. The van der Waals surface area contributed by atoms with Crippen LogP contribution in [0.3, 0.4) is 0 Å². The number of rotatable bonds is 4. The highest BCUT2D eigenvalue weighted by molar-refractivity contribution is 6.30. The molecule has 2 N–H and O–H groups in total. The molecule has 0 fully saturated rings. The molecule has 1 aromatic rings. The Morgan fingerprint density at radius 1 is 1.47 bits per heavy atom. The summed E-state index contributed by atoms with van der Waals surface area (Å²) in [4.78, 5) is 10.9. The largest absolute Gasteiger partial charge is 0.469 e. The van der Waals surface area contributed by atoms with Crippen LogP contribution >= 0.6 is 11.6 Å². The van der Waals surface area contributed by atoms with Gasteiger partial charge in [0.15, 0.2) is 0 Å². The summed E-state index contributed by atoms with van der Waals surface area (Å²) in [6.45, 7) is 0. The average Bonchev–Trinajstić information content (AvgIpc) is 2.26. The molecule has 1 rings (SSSR count). The van der Waals surface area contributed by atoms with E-state index in [4.69, 9.17) is 17.3 Å². The number of nitrogens with two attached hydrogens (primary N) is 1. The van der Waals surface area contributed by atoms with Gasteiger partial charge in [-0.15, -0.1) is 0 Å². The lowest BCUT2D eigenvalue weighted by Gasteiger charge is -2.10. The molecule has 0 amide bonds. The Kier molecular flexibility index (Phi) is 4.59. The molecule has 0 heterocycles. The molecular weight excluding hydrogens is 214 g/mol. The topological polar surface area (TPSA) is 52.3 Å². The van der Waals surface area contributed by atoms with Gasteiger partial charge in [-0.3, -0.25) is 4.79 Å². The van der Waals surface area contributed by atoms with Crippen molar-refractivity contribution < 1.29 is 9.53 Å². The van der Waals surface area contributed by atoms with Crippen LogP contribution in [0.25, 0.3) is 0 Å². The average molecular weight is 228 g/mol. The maximum atomic E-state index is 10.9. The van der Waals surface area contributed by atoms with Crippen LogP contribution in [0.4, 0.5) is 0 Å². The lowest BCUT2D eigenvalue weighted by molar-refractivity contribution is -0.140. The van der Waals surface area contributed by atoms with Gasteiger partial charge in [-0.25, -0.2) is 0 Å². The molecule has 1 unspecified atom stereocenters. The Bertz CT molecular complexity index is 324. The highest BCUT2D eigenvalue weighted by Gasteiger charge is 2.08. The molecule has 0 spiro atoms. The van der Waals surface area contributed by atoms with Gasteiger partial charge in [0, 0.05) is 17.5 Å². The first-order valence-electron chi connectivity index (χ1n) is 4.71. The standard InChI is InChI=1S/C11H14ClNO2/c1-15-11(14)7-6-10(13)8-2-4-9(12)5-3-8/h2-5,10H,6-7,13H2,1H3. The maximum Gasteiger partial charge on any atom is 0.305 e. The lowest BCUT2D eigenvalue weighted by Crippen LogP contribution is -2.12. The van der Waals surface area contributed by atoms with Crippen molar-refractivity contribution in [3.8, 4) is 0 Å². The van der Waals surface area contributed by atoms with E-state index in [1.54, 1.807) is 12.1 Å². The molecule has 0 aliphatic heterocycles. The summed E-state index contributed by atoms with van der Waals surface area (Å²) in [5.41, 5.74) is 6.87. The summed E-state index contributed by atoms with van der Waals surface area (Å²) in [6, 6.07) is 7.15. The van der Waals surface area contributed by atoms with Crippen LogP contribution in [0.2, 0.25) is 5.02 Å². The predicted octanol–water partition coefficient (Wildman–Crippen LogP) is 2.29. The van der Waals surface area contributed by atoms with Crippen molar-refractivity contribution in [2.45, 2.75) is 18.9 Å². The van der Waals surface area contributed by atoms with Gasteiger partial charge in [0.25, 0.3) is 0 Å².